The Kier molecular flexibility index (Phi) is 4.04. The maximum absolute atomic E-state index is 11.7. The summed E-state index contributed by atoms with van der Waals surface area (Å²) in [6.45, 7) is 1.37. The minimum absolute atomic E-state index is 0.0795. The van der Waals surface area contributed by atoms with Gasteiger partial charge in [0.2, 0.25) is 0 Å². The van der Waals surface area contributed by atoms with Gasteiger partial charge in [-0.2, -0.15) is 0 Å². The van der Waals surface area contributed by atoms with Crippen LogP contribution >= 0.6 is 0 Å². The minimum atomic E-state index is -1.08. The molecule has 0 aromatic rings. The van der Waals surface area contributed by atoms with Gasteiger partial charge in [-0.25, -0.2) is 0 Å². The SMILES string of the molecule is COC(=O)[C@@]1(CCOC(C)=O)CCCC1=O. The van der Waals surface area contributed by atoms with Crippen LogP contribution in [0.2, 0.25) is 0 Å². The van der Waals surface area contributed by atoms with Crippen molar-refractivity contribution in [2.45, 2.75) is 32.6 Å². The Hall–Kier alpha value is -1.39. The normalized spacial score (nSPS) is 24.2. The van der Waals surface area contributed by atoms with Crippen LogP contribution in [0.15, 0.2) is 0 Å². The zero-order valence-corrected chi connectivity index (χ0v) is 9.58. The Labute approximate surface area is 94.1 Å². The summed E-state index contributed by atoms with van der Waals surface area (Å²) in [6.07, 6.45) is 1.79. The van der Waals surface area contributed by atoms with E-state index in [1.807, 2.05) is 0 Å². The van der Waals surface area contributed by atoms with E-state index in [1.165, 1.54) is 14.0 Å². The molecule has 5 nitrogen and oxygen atoms in total. The average molecular weight is 228 g/mol. The van der Waals surface area contributed by atoms with Gasteiger partial charge in [-0.1, -0.05) is 0 Å². The number of carbonyl (C=O) groups excluding carboxylic acids is 3. The van der Waals surface area contributed by atoms with E-state index < -0.39 is 17.4 Å². The molecule has 1 aliphatic carbocycles. The summed E-state index contributed by atoms with van der Waals surface area (Å²) < 4.78 is 9.44. The molecule has 0 bridgehead atoms. The summed E-state index contributed by atoms with van der Waals surface area (Å²) in [5.41, 5.74) is -1.08. The number of ketones is 1. The third-order valence-electron chi connectivity index (χ3n) is 2.95. The quantitative estimate of drug-likeness (QED) is 0.527. The standard InChI is InChI=1S/C11H16O5/c1-8(12)16-7-6-11(10(14)15-2)5-3-4-9(11)13/h3-7H2,1-2H3/t11-/m1/s1. The first-order chi connectivity index (χ1) is 7.53. The molecule has 1 aliphatic rings. The van der Waals surface area contributed by atoms with Crippen LogP contribution < -0.4 is 0 Å². The molecule has 90 valence electrons. The fourth-order valence-electron chi connectivity index (χ4n) is 2.08. The molecule has 0 saturated heterocycles. The van der Waals surface area contributed by atoms with Crippen molar-refractivity contribution in [3.05, 3.63) is 0 Å². The Morgan fingerprint density at radius 2 is 2.12 bits per heavy atom. The second kappa shape index (κ2) is 5.09. The molecule has 0 aromatic carbocycles. The Morgan fingerprint density at radius 3 is 2.56 bits per heavy atom. The van der Waals surface area contributed by atoms with Gasteiger partial charge in [0, 0.05) is 19.8 Å². The van der Waals surface area contributed by atoms with Crippen molar-refractivity contribution in [2.75, 3.05) is 13.7 Å². The molecular formula is C11H16O5. The van der Waals surface area contributed by atoms with Gasteiger partial charge in [0.05, 0.1) is 13.7 Å². The van der Waals surface area contributed by atoms with Crippen LogP contribution in [-0.2, 0) is 23.9 Å². The van der Waals surface area contributed by atoms with Crippen LogP contribution in [0.4, 0.5) is 0 Å². The summed E-state index contributed by atoms with van der Waals surface area (Å²) in [7, 11) is 1.27. The Bertz CT molecular complexity index is 309. The fraction of sp³-hybridized carbons (Fsp3) is 0.727. The summed E-state index contributed by atoms with van der Waals surface area (Å²) in [5.74, 6) is -1.03. The van der Waals surface area contributed by atoms with Gasteiger partial charge in [-0.05, 0) is 12.8 Å². The topological polar surface area (TPSA) is 69.7 Å². The van der Waals surface area contributed by atoms with Gasteiger partial charge < -0.3 is 9.47 Å². The third kappa shape index (κ3) is 2.40. The molecule has 1 fully saturated rings. The highest BCUT2D eigenvalue weighted by atomic mass is 16.5. The van der Waals surface area contributed by atoms with E-state index in [2.05, 4.69) is 4.74 Å². The number of hydrogen-bond acceptors (Lipinski definition) is 5. The monoisotopic (exact) mass is 228 g/mol. The zero-order chi connectivity index (χ0) is 12.2. The van der Waals surface area contributed by atoms with Gasteiger partial charge in [-0.15, -0.1) is 0 Å². The predicted octanol–water partition coefficient (Wildman–Crippen LogP) is 0.852. The first kappa shape index (κ1) is 12.7. The van der Waals surface area contributed by atoms with E-state index in [0.29, 0.717) is 19.3 Å². The zero-order valence-electron chi connectivity index (χ0n) is 9.58. The molecule has 0 amide bonds. The van der Waals surface area contributed by atoms with E-state index >= 15 is 0 Å². The first-order valence-corrected chi connectivity index (χ1v) is 5.28. The lowest BCUT2D eigenvalue weighted by Crippen LogP contribution is -2.37. The van der Waals surface area contributed by atoms with Crippen molar-refractivity contribution in [1.82, 2.24) is 0 Å². The highest BCUT2D eigenvalue weighted by molar-refractivity contribution is 6.05. The van der Waals surface area contributed by atoms with E-state index in [1.54, 1.807) is 0 Å². The van der Waals surface area contributed by atoms with Crippen molar-refractivity contribution in [3.8, 4) is 0 Å². The van der Waals surface area contributed by atoms with Gasteiger partial charge in [0.15, 0.2) is 0 Å². The number of carbonyl (C=O) groups is 3. The Morgan fingerprint density at radius 1 is 1.44 bits per heavy atom. The van der Waals surface area contributed by atoms with E-state index in [9.17, 15) is 14.4 Å². The molecule has 0 radical (unpaired) electrons. The highest BCUT2D eigenvalue weighted by Crippen LogP contribution is 2.39. The minimum Gasteiger partial charge on any atom is -0.468 e. The molecule has 0 N–H and O–H groups in total. The van der Waals surface area contributed by atoms with Crippen LogP contribution in [0.25, 0.3) is 0 Å². The van der Waals surface area contributed by atoms with Crippen molar-refractivity contribution in [1.29, 1.82) is 0 Å². The maximum Gasteiger partial charge on any atom is 0.319 e. The van der Waals surface area contributed by atoms with Gasteiger partial charge in [0.25, 0.3) is 0 Å². The molecule has 0 aromatic heterocycles. The van der Waals surface area contributed by atoms with E-state index in [-0.39, 0.29) is 18.8 Å². The lowest BCUT2D eigenvalue weighted by molar-refractivity contribution is -0.159. The third-order valence-corrected chi connectivity index (χ3v) is 2.95. The van der Waals surface area contributed by atoms with Crippen LogP contribution in [0.3, 0.4) is 0 Å². The fourth-order valence-corrected chi connectivity index (χ4v) is 2.08. The number of methoxy groups -OCH3 is 1. The lowest BCUT2D eigenvalue weighted by Gasteiger charge is -2.23. The van der Waals surface area contributed by atoms with Crippen LogP contribution in [0.1, 0.15) is 32.6 Å². The van der Waals surface area contributed by atoms with Crippen LogP contribution in [0, 0.1) is 5.41 Å². The molecule has 0 heterocycles. The summed E-state index contributed by atoms with van der Waals surface area (Å²) >= 11 is 0. The highest BCUT2D eigenvalue weighted by Gasteiger charge is 2.49. The summed E-state index contributed by atoms with van der Waals surface area (Å²) in [4.78, 5) is 34.0. The number of ether oxygens (including phenoxy) is 2. The van der Waals surface area contributed by atoms with Crippen LogP contribution in [-0.4, -0.2) is 31.4 Å². The Balaban J connectivity index is 2.68. The molecule has 1 atom stereocenters. The van der Waals surface area contributed by atoms with Gasteiger partial charge >= 0.3 is 11.9 Å². The molecule has 1 rings (SSSR count). The van der Waals surface area contributed by atoms with Gasteiger partial charge in [-0.3, -0.25) is 14.4 Å². The lowest BCUT2D eigenvalue weighted by atomic mass is 9.82. The van der Waals surface area contributed by atoms with E-state index in [4.69, 9.17) is 4.74 Å². The number of rotatable bonds is 4. The molecule has 0 aliphatic heterocycles. The number of hydrogen-bond donors (Lipinski definition) is 0. The average Bonchev–Trinajstić information content (AvgIpc) is 2.60. The largest absolute Gasteiger partial charge is 0.468 e. The number of esters is 2. The van der Waals surface area contributed by atoms with Crippen molar-refractivity contribution in [3.63, 3.8) is 0 Å². The maximum atomic E-state index is 11.7. The molecule has 0 spiro atoms. The van der Waals surface area contributed by atoms with Crippen molar-refractivity contribution in [2.24, 2.45) is 5.41 Å². The molecule has 16 heavy (non-hydrogen) atoms. The predicted molar refractivity (Wildman–Crippen MR) is 54.6 cm³/mol. The molecule has 5 heteroatoms. The smallest absolute Gasteiger partial charge is 0.319 e. The number of Topliss-reactive ketones (excluding diaryl/α,β-unsaturated/α-hetero) is 1. The van der Waals surface area contributed by atoms with Gasteiger partial charge in [0.1, 0.15) is 11.2 Å². The summed E-state index contributed by atoms with van der Waals surface area (Å²) in [5, 5.41) is 0. The first-order valence-electron chi connectivity index (χ1n) is 5.28. The molecule has 1 saturated carbocycles. The molecule has 0 unspecified atom stereocenters. The molecular weight excluding hydrogens is 212 g/mol. The van der Waals surface area contributed by atoms with Crippen molar-refractivity contribution >= 4 is 17.7 Å². The van der Waals surface area contributed by atoms with Crippen molar-refractivity contribution < 1.29 is 23.9 Å². The second-order valence-electron chi connectivity index (χ2n) is 3.94. The van der Waals surface area contributed by atoms with E-state index in [0.717, 1.165) is 0 Å². The second-order valence-corrected chi connectivity index (χ2v) is 3.94. The van der Waals surface area contributed by atoms with Crippen LogP contribution in [0.5, 0.6) is 0 Å². The summed E-state index contributed by atoms with van der Waals surface area (Å²) in [6, 6.07) is 0.